The minimum Gasteiger partial charge on any atom is -0.494 e. The topological polar surface area (TPSA) is 71.1 Å². The highest BCUT2D eigenvalue weighted by Crippen LogP contribution is 2.37. The third-order valence-electron chi connectivity index (χ3n) is 4.15. The van der Waals surface area contributed by atoms with E-state index < -0.39 is 5.97 Å². The zero-order valence-corrected chi connectivity index (χ0v) is 16.4. The minimum atomic E-state index is -0.504. The Morgan fingerprint density at radius 2 is 1.90 bits per heavy atom. The van der Waals surface area contributed by atoms with Gasteiger partial charge in [-0.2, -0.15) is 0 Å². The van der Waals surface area contributed by atoms with E-state index in [1.807, 2.05) is 31.2 Å². The maximum absolute atomic E-state index is 12.7. The molecular weight excluding hydrogens is 372 g/mol. The number of aryl methyl sites for hydroxylation is 1. The molecule has 3 rings (SSSR count). The highest BCUT2D eigenvalue weighted by atomic mass is 16.6. The molecule has 0 spiro atoms. The summed E-state index contributed by atoms with van der Waals surface area (Å²) in [5.41, 5.74) is 2.02. The van der Waals surface area contributed by atoms with Gasteiger partial charge in [-0.1, -0.05) is 24.8 Å². The molecule has 1 aliphatic rings. The van der Waals surface area contributed by atoms with Crippen molar-refractivity contribution in [1.29, 1.82) is 0 Å². The van der Waals surface area contributed by atoms with Gasteiger partial charge in [-0.3, -0.25) is 4.79 Å². The summed E-state index contributed by atoms with van der Waals surface area (Å²) in [7, 11) is 0. The Bertz CT molecular complexity index is 956. The lowest BCUT2D eigenvalue weighted by Crippen LogP contribution is -2.14. The molecule has 150 valence electrons. The number of allylic oxidation sites excluding steroid dienone is 1. The molecule has 0 amide bonds. The van der Waals surface area contributed by atoms with Crippen LogP contribution in [0.25, 0.3) is 6.08 Å². The highest BCUT2D eigenvalue weighted by molar-refractivity contribution is 6.15. The van der Waals surface area contributed by atoms with E-state index in [9.17, 15) is 9.59 Å². The first-order chi connectivity index (χ1) is 14.0. The first kappa shape index (κ1) is 20.2. The number of carbonyl (C=O) groups excluding carboxylic acids is 2. The molecule has 1 aliphatic heterocycles. The number of benzene rings is 2. The summed E-state index contributed by atoms with van der Waals surface area (Å²) in [5, 5.41) is 0. The van der Waals surface area contributed by atoms with E-state index >= 15 is 0 Å². The van der Waals surface area contributed by atoms with Crippen LogP contribution in [-0.4, -0.2) is 31.6 Å². The maximum atomic E-state index is 12.7. The molecule has 0 saturated carbocycles. The van der Waals surface area contributed by atoms with Crippen LogP contribution in [-0.2, 0) is 9.53 Å². The number of carbonyl (C=O) groups is 2. The lowest BCUT2D eigenvalue weighted by Gasteiger charge is -2.08. The zero-order chi connectivity index (χ0) is 20.8. The van der Waals surface area contributed by atoms with Crippen LogP contribution in [0.1, 0.15) is 28.4 Å². The maximum Gasteiger partial charge on any atom is 0.344 e. The zero-order valence-electron chi connectivity index (χ0n) is 16.4. The molecule has 0 N–H and O–H groups in total. The van der Waals surface area contributed by atoms with Gasteiger partial charge in [-0.15, -0.1) is 0 Å². The molecule has 6 nitrogen and oxygen atoms in total. The van der Waals surface area contributed by atoms with Crippen LogP contribution in [0, 0.1) is 6.92 Å². The molecular formula is C23H22O6. The molecule has 0 fully saturated rings. The Morgan fingerprint density at radius 3 is 2.59 bits per heavy atom. The summed E-state index contributed by atoms with van der Waals surface area (Å²) in [6.07, 6.45) is 3.17. The number of rotatable bonds is 8. The molecule has 0 atom stereocenters. The first-order valence-electron chi connectivity index (χ1n) is 9.23. The van der Waals surface area contributed by atoms with E-state index in [2.05, 4.69) is 6.58 Å². The average molecular weight is 394 g/mol. The lowest BCUT2D eigenvalue weighted by atomic mass is 10.0. The molecule has 2 aromatic rings. The smallest absolute Gasteiger partial charge is 0.344 e. The van der Waals surface area contributed by atoms with Gasteiger partial charge in [0.1, 0.15) is 23.9 Å². The first-order valence-corrected chi connectivity index (χ1v) is 9.23. The number of esters is 1. The van der Waals surface area contributed by atoms with Gasteiger partial charge >= 0.3 is 5.97 Å². The molecule has 0 aromatic heterocycles. The number of Topliss-reactive ketones (excluding diaryl/α,β-unsaturated/α-hetero) is 1. The van der Waals surface area contributed by atoms with Gasteiger partial charge in [0.25, 0.3) is 0 Å². The van der Waals surface area contributed by atoms with Crippen molar-refractivity contribution in [3.8, 4) is 17.2 Å². The summed E-state index contributed by atoms with van der Waals surface area (Å²) >= 11 is 0. The van der Waals surface area contributed by atoms with Gasteiger partial charge in [0.15, 0.2) is 12.4 Å². The SMILES string of the molecule is C=CCOC(=O)COc1cc(C)c2c(c1)O/C(=C\c1ccc(OCC)cc1)C2=O. The minimum absolute atomic E-state index is 0.128. The predicted octanol–water partition coefficient (Wildman–Crippen LogP) is 4.12. The second kappa shape index (κ2) is 9.10. The third kappa shape index (κ3) is 4.85. The summed E-state index contributed by atoms with van der Waals surface area (Å²) in [6.45, 7) is 7.67. The number of hydrogen-bond donors (Lipinski definition) is 0. The second-order valence-corrected chi connectivity index (χ2v) is 6.32. The molecule has 2 aromatic carbocycles. The van der Waals surface area contributed by atoms with E-state index in [0.29, 0.717) is 29.2 Å². The fourth-order valence-electron chi connectivity index (χ4n) is 2.87. The van der Waals surface area contributed by atoms with Gasteiger partial charge < -0.3 is 18.9 Å². The number of hydrogen-bond acceptors (Lipinski definition) is 6. The standard InChI is InChI=1S/C23H22O6/c1-4-10-27-21(24)14-28-18-11-15(3)22-19(13-18)29-20(23(22)25)12-16-6-8-17(9-7-16)26-5-2/h4,6-9,11-13H,1,5,10,14H2,2-3H3/b20-12-. The average Bonchev–Trinajstić information content (AvgIpc) is 3.02. The molecule has 0 bridgehead atoms. The predicted molar refractivity (Wildman–Crippen MR) is 108 cm³/mol. The second-order valence-electron chi connectivity index (χ2n) is 6.32. The Labute approximate surface area is 169 Å². The van der Waals surface area contributed by atoms with Gasteiger partial charge in [-0.25, -0.2) is 4.79 Å². The molecule has 0 unspecified atom stereocenters. The molecule has 29 heavy (non-hydrogen) atoms. The lowest BCUT2D eigenvalue weighted by molar-refractivity contribution is -0.144. The summed E-state index contributed by atoms with van der Waals surface area (Å²) < 4.78 is 21.5. The molecule has 0 aliphatic carbocycles. The Kier molecular flexibility index (Phi) is 6.34. The van der Waals surface area contributed by atoms with Gasteiger partial charge in [0.2, 0.25) is 5.78 Å². The number of fused-ring (bicyclic) bond motifs is 1. The van der Waals surface area contributed by atoms with Crippen LogP contribution in [0.15, 0.2) is 54.8 Å². The van der Waals surface area contributed by atoms with Crippen molar-refractivity contribution >= 4 is 17.8 Å². The van der Waals surface area contributed by atoms with Crippen LogP contribution in [0.5, 0.6) is 17.2 Å². The van der Waals surface area contributed by atoms with Gasteiger partial charge in [0, 0.05) is 6.07 Å². The van der Waals surface area contributed by atoms with Crippen molar-refractivity contribution in [2.24, 2.45) is 0 Å². The quantitative estimate of drug-likeness (QED) is 0.381. The highest BCUT2D eigenvalue weighted by Gasteiger charge is 2.30. The number of ether oxygens (including phenoxy) is 4. The van der Waals surface area contributed by atoms with E-state index in [1.54, 1.807) is 25.1 Å². The van der Waals surface area contributed by atoms with Crippen molar-refractivity contribution in [2.45, 2.75) is 13.8 Å². The largest absolute Gasteiger partial charge is 0.494 e. The van der Waals surface area contributed by atoms with E-state index in [0.717, 1.165) is 11.3 Å². The molecule has 1 heterocycles. The van der Waals surface area contributed by atoms with Crippen LogP contribution in [0.2, 0.25) is 0 Å². The Morgan fingerprint density at radius 1 is 1.14 bits per heavy atom. The van der Waals surface area contributed by atoms with Crippen LogP contribution in [0.3, 0.4) is 0 Å². The van der Waals surface area contributed by atoms with Gasteiger partial charge in [-0.05, 0) is 49.2 Å². The van der Waals surface area contributed by atoms with E-state index in [-0.39, 0.29) is 24.8 Å². The monoisotopic (exact) mass is 394 g/mol. The molecule has 0 radical (unpaired) electrons. The van der Waals surface area contributed by atoms with Crippen molar-refractivity contribution in [1.82, 2.24) is 0 Å². The van der Waals surface area contributed by atoms with Crippen LogP contribution < -0.4 is 14.2 Å². The Hall–Kier alpha value is -3.54. The van der Waals surface area contributed by atoms with E-state index in [4.69, 9.17) is 18.9 Å². The normalized spacial score (nSPS) is 13.6. The van der Waals surface area contributed by atoms with Gasteiger partial charge in [0.05, 0.1) is 12.2 Å². The van der Waals surface area contributed by atoms with Crippen molar-refractivity contribution in [2.75, 3.05) is 19.8 Å². The molecule has 0 saturated heterocycles. The summed E-state index contributed by atoms with van der Waals surface area (Å²) in [5.74, 6) is 1.13. The van der Waals surface area contributed by atoms with Crippen molar-refractivity contribution in [3.63, 3.8) is 0 Å². The van der Waals surface area contributed by atoms with Crippen molar-refractivity contribution < 1.29 is 28.5 Å². The van der Waals surface area contributed by atoms with Crippen LogP contribution >= 0.6 is 0 Å². The third-order valence-corrected chi connectivity index (χ3v) is 4.15. The fraction of sp³-hybridized carbons (Fsp3) is 0.217. The Balaban J connectivity index is 1.74. The fourth-order valence-corrected chi connectivity index (χ4v) is 2.87. The molecule has 6 heteroatoms. The van der Waals surface area contributed by atoms with E-state index in [1.165, 1.54) is 6.08 Å². The van der Waals surface area contributed by atoms with Crippen LogP contribution in [0.4, 0.5) is 0 Å². The number of ketones is 1. The summed E-state index contributed by atoms with van der Waals surface area (Å²) in [6, 6.07) is 10.7. The summed E-state index contributed by atoms with van der Waals surface area (Å²) in [4.78, 5) is 24.3. The van der Waals surface area contributed by atoms with Crippen molar-refractivity contribution in [3.05, 3.63) is 71.5 Å².